The monoisotopic (exact) mass is 206 g/mol. The highest BCUT2D eigenvalue weighted by atomic mass is 16.5. The number of carbonyl (C=O) groups is 1. The molecule has 1 aromatic heterocycles. The molecule has 0 unspecified atom stereocenters. The summed E-state index contributed by atoms with van der Waals surface area (Å²) in [5.41, 5.74) is 1.62. The Morgan fingerprint density at radius 3 is 2.87 bits per heavy atom. The second-order valence-corrected chi connectivity index (χ2v) is 3.28. The molecule has 0 radical (unpaired) electrons. The van der Waals surface area contributed by atoms with Crippen molar-refractivity contribution in [3.05, 3.63) is 17.0 Å². The number of amides is 1. The van der Waals surface area contributed by atoms with Gasteiger partial charge in [0.15, 0.2) is 0 Å². The van der Waals surface area contributed by atoms with Crippen molar-refractivity contribution in [2.45, 2.75) is 26.7 Å². The zero-order valence-electron chi connectivity index (χ0n) is 8.96. The zero-order valence-corrected chi connectivity index (χ0v) is 8.96. The lowest BCUT2D eigenvalue weighted by Gasteiger charge is -2.02. The van der Waals surface area contributed by atoms with E-state index in [0.717, 1.165) is 11.3 Å². The van der Waals surface area contributed by atoms with Gasteiger partial charge < -0.3 is 9.84 Å². The molecule has 1 aromatic rings. The predicted molar refractivity (Wildman–Crippen MR) is 56.1 cm³/mol. The molecule has 1 N–H and O–H groups in total. The summed E-state index contributed by atoms with van der Waals surface area (Å²) in [6.07, 6.45) is 5.92. The van der Waals surface area contributed by atoms with Gasteiger partial charge >= 0.3 is 0 Å². The zero-order chi connectivity index (χ0) is 11.3. The van der Waals surface area contributed by atoms with E-state index in [1.54, 1.807) is 6.92 Å². The molecule has 4 heteroatoms. The van der Waals surface area contributed by atoms with Crippen LogP contribution in [0.5, 0.6) is 0 Å². The number of aromatic nitrogens is 1. The number of hydrogen-bond donors (Lipinski definition) is 1. The van der Waals surface area contributed by atoms with Gasteiger partial charge in [-0.15, -0.1) is 12.3 Å². The molecule has 4 nitrogen and oxygen atoms in total. The number of rotatable bonds is 4. The van der Waals surface area contributed by atoms with Crippen molar-refractivity contribution in [3.8, 4) is 12.3 Å². The fraction of sp³-hybridized carbons (Fsp3) is 0.455. The van der Waals surface area contributed by atoms with E-state index in [1.165, 1.54) is 0 Å². The SMILES string of the molecule is C#CCCNC(=O)Cc1c(C)noc1C. The highest BCUT2D eigenvalue weighted by molar-refractivity contribution is 5.78. The molecule has 0 saturated heterocycles. The van der Waals surface area contributed by atoms with Crippen LogP contribution in [0.2, 0.25) is 0 Å². The van der Waals surface area contributed by atoms with Crippen molar-refractivity contribution in [1.29, 1.82) is 0 Å². The second kappa shape index (κ2) is 5.20. The number of aryl methyl sites for hydroxylation is 2. The van der Waals surface area contributed by atoms with Crippen LogP contribution in [0, 0.1) is 26.2 Å². The molecule has 0 aromatic carbocycles. The predicted octanol–water partition coefficient (Wildman–Crippen LogP) is 0.973. The summed E-state index contributed by atoms with van der Waals surface area (Å²) in [5, 5.41) is 6.50. The van der Waals surface area contributed by atoms with Gasteiger partial charge in [-0.2, -0.15) is 0 Å². The molecule has 80 valence electrons. The molecule has 1 rings (SSSR count). The minimum absolute atomic E-state index is 0.0559. The molecule has 0 fully saturated rings. The smallest absolute Gasteiger partial charge is 0.224 e. The summed E-state index contributed by atoms with van der Waals surface area (Å²) in [4.78, 5) is 11.4. The maximum Gasteiger partial charge on any atom is 0.224 e. The first-order valence-electron chi connectivity index (χ1n) is 4.77. The second-order valence-electron chi connectivity index (χ2n) is 3.28. The van der Waals surface area contributed by atoms with E-state index in [4.69, 9.17) is 10.9 Å². The molecule has 0 aliphatic carbocycles. The molecule has 1 heterocycles. The van der Waals surface area contributed by atoms with E-state index < -0.39 is 0 Å². The Morgan fingerprint density at radius 1 is 1.60 bits per heavy atom. The number of nitrogens with one attached hydrogen (secondary N) is 1. The topological polar surface area (TPSA) is 55.1 Å². The molecule has 0 bridgehead atoms. The molecular formula is C11H14N2O2. The maximum absolute atomic E-state index is 11.4. The van der Waals surface area contributed by atoms with E-state index in [2.05, 4.69) is 16.4 Å². The maximum atomic E-state index is 11.4. The third kappa shape index (κ3) is 3.13. The summed E-state index contributed by atoms with van der Waals surface area (Å²) >= 11 is 0. The third-order valence-corrected chi connectivity index (χ3v) is 2.11. The van der Waals surface area contributed by atoms with Crippen LogP contribution in [0.3, 0.4) is 0 Å². The highest BCUT2D eigenvalue weighted by Gasteiger charge is 2.12. The van der Waals surface area contributed by atoms with Gasteiger partial charge in [-0.1, -0.05) is 5.16 Å². The Hall–Kier alpha value is -1.76. The van der Waals surface area contributed by atoms with E-state index in [-0.39, 0.29) is 5.91 Å². The van der Waals surface area contributed by atoms with Gasteiger partial charge in [0.25, 0.3) is 0 Å². The van der Waals surface area contributed by atoms with Crippen LogP contribution < -0.4 is 5.32 Å². The van der Waals surface area contributed by atoms with Gasteiger partial charge in [-0.25, -0.2) is 0 Å². The molecule has 0 atom stereocenters. The number of nitrogens with zero attached hydrogens (tertiary/aromatic N) is 1. The largest absolute Gasteiger partial charge is 0.361 e. The standard InChI is InChI=1S/C11H14N2O2/c1-4-5-6-12-11(14)7-10-8(2)13-15-9(10)3/h1H,5-7H2,2-3H3,(H,12,14). The molecule has 15 heavy (non-hydrogen) atoms. The van der Waals surface area contributed by atoms with Crippen LogP contribution in [0.15, 0.2) is 4.52 Å². The number of terminal acetylenes is 1. The van der Waals surface area contributed by atoms with E-state index in [0.29, 0.717) is 25.1 Å². The van der Waals surface area contributed by atoms with Crippen LogP contribution in [0.4, 0.5) is 0 Å². The average molecular weight is 206 g/mol. The molecule has 1 amide bonds. The Morgan fingerprint density at radius 2 is 2.33 bits per heavy atom. The minimum Gasteiger partial charge on any atom is -0.361 e. The summed E-state index contributed by atoms with van der Waals surface area (Å²) in [6.45, 7) is 4.13. The van der Waals surface area contributed by atoms with Gasteiger partial charge in [0.2, 0.25) is 5.91 Å². The Kier molecular flexibility index (Phi) is 3.92. The van der Waals surface area contributed by atoms with Crippen molar-refractivity contribution in [2.75, 3.05) is 6.54 Å². The van der Waals surface area contributed by atoms with Crippen LogP contribution in [0.1, 0.15) is 23.4 Å². The lowest BCUT2D eigenvalue weighted by molar-refractivity contribution is -0.120. The average Bonchev–Trinajstić information content (AvgIpc) is 2.50. The number of hydrogen-bond acceptors (Lipinski definition) is 3. The molecular weight excluding hydrogens is 192 g/mol. The highest BCUT2D eigenvalue weighted by Crippen LogP contribution is 2.12. The van der Waals surface area contributed by atoms with Crippen molar-refractivity contribution >= 4 is 5.91 Å². The fourth-order valence-electron chi connectivity index (χ4n) is 1.25. The fourth-order valence-corrected chi connectivity index (χ4v) is 1.25. The normalized spacial score (nSPS) is 9.67. The van der Waals surface area contributed by atoms with Crippen LogP contribution >= 0.6 is 0 Å². The molecule has 0 saturated carbocycles. The van der Waals surface area contributed by atoms with Crippen LogP contribution in [-0.2, 0) is 11.2 Å². The minimum atomic E-state index is -0.0559. The van der Waals surface area contributed by atoms with Crippen LogP contribution in [0.25, 0.3) is 0 Å². The van der Waals surface area contributed by atoms with Gasteiger partial charge in [0, 0.05) is 18.5 Å². The Bertz CT molecular complexity index is 368. The summed E-state index contributed by atoms with van der Waals surface area (Å²) in [7, 11) is 0. The van der Waals surface area contributed by atoms with Gasteiger partial charge in [0.05, 0.1) is 12.1 Å². The van der Waals surface area contributed by atoms with E-state index in [9.17, 15) is 4.79 Å². The third-order valence-electron chi connectivity index (χ3n) is 2.11. The number of carbonyl (C=O) groups excluding carboxylic acids is 1. The van der Waals surface area contributed by atoms with Crippen molar-refractivity contribution in [3.63, 3.8) is 0 Å². The van der Waals surface area contributed by atoms with Crippen molar-refractivity contribution in [1.82, 2.24) is 10.5 Å². The molecule has 0 aliphatic rings. The van der Waals surface area contributed by atoms with Gasteiger partial charge in [-0.3, -0.25) is 4.79 Å². The van der Waals surface area contributed by atoms with Crippen molar-refractivity contribution in [2.24, 2.45) is 0 Å². The summed E-state index contributed by atoms with van der Waals surface area (Å²) in [5.74, 6) is 3.10. The Labute approximate surface area is 89.0 Å². The lowest BCUT2D eigenvalue weighted by Crippen LogP contribution is -2.26. The van der Waals surface area contributed by atoms with E-state index >= 15 is 0 Å². The first-order chi connectivity index (χ1) is 7.15. The molecule has 0 spiro atoms. The van der Waals surface area contributed by atoms with Crippen molar-refractivity contribution < 1.29 is 9.32 Å². The lowest BCUT2D eigenvalue weighted by atomic mass is 10.1. The first kappa shape index (κ1) is 11.3. The van der Waals surface area contributed by atoms with E-state index in [1.807, 2.05) is 6.92 Å². The summed E-state index contributed by atoms with van der Waals surface area (Å²) in [6, 6.07) is 0. The summed E-state index contributed by atoms with van der Waals surface area (Å²) < 4.78 is 4.96. The first-order valence-corrected chi connectivity index (χ1v) is 4.77. The van der Waals surface area contributed by atoms with Gasteiger partial charge in [-0.05, 0) is 13.8 Å². The molecule has 0 aliphatic heterocycles. The van der Waals surface area contributed by atoms with Crippen LogP contribution in [-0.4, -0.2) is 17.6 Å². The van der Waals surface area contributed by atoms with Gasteiger partial charge in [0.1, 0.15) is 5.76 Å². The Balaban J connectivity index is 2.48. The quantitative estimate of drug-likeness (QED) is 0.590.